The highest BCUT2D eigenvalue weighted by atomic mass is 19.3. The fraction of sp³-hybridized carbons (Fsp3) is 0.696. The summed E-state index contributed by atoms with van der Waals surface area (Å²) in [5.74, 6) is -4.17. The van der Waals surface area contributed by atoms with Gasteiger partial charge in [-0.05, 0) is 52.5 Å². The fourth-order valence-electron chi connectivity index (χ4n) is 4.05. The maximum Gasteiger partial charge on any atom is 0.410 e. The minimum absolute atomic E-state index is 0.0493. The quantitative estimate of drug-likeness (QED) is 0.647. The van der Waals surface area contributed by atoms with Crippen LogP contribution in [0.5, 0.6) is 11.8 Å². The lowest BCUT2D eigenvalue weighted by molar-refractivity contribution is -0.125. The lowest BCUT2D eigenvalue weighted by atomic mass is 9.94. The molecule has 1 aliphatic carbocycles. The predicted octanol–water partition coefficient (Wildman–Crippen LogP) is 4.20. The van der Waals surface area contributed by atoms with Crippen molar-refractivity contribution in [1.29, 1.82) is 0 Å². The van der Waals surface area contributed by atoms with E-state index in [0.29, 0.717) is 19.4 Å². The predicted molar refractivity (Wildman–Crippen MR) is 116 cm³/mol. The van der Waals surface area contributed by atoms with Crippen molar-refractivity contribution in [2.24, 2.45) is 0 Å². The Morgan fingerprint density at radius 1 is 1.21 bits per heavy atom. The number of carbonyl (C=O) groups is 2. The second-order valence-corrected chi connectivity index (χ2v) is 9.67. The van der Waals surface area contributed by atoms with Crippen molar-refractivity contribution in [1.82, 2.24) is 15.2 Å². The first-order chi connectivity index (χ1) is 15.9. The molecule has 8 nitrogen and oxygen atoms in total. The maximum absolute atomic E-state index is 14.7. The van der Waals surface area contributed by atoms with Crippen LogP contribution in [0.3, 0.4) is 0 Å². The van der Waals surface area contributed by atoms with Crippen LogP contribution in [0.1, 0.15) is 64.9 Å². The molecule has 2 fully saturated rings. The summed E-state index contributed by atoms with van der Waals surface area (Å²) in [5, 5.41) is 2.70. The van der Waals surface area contributed by atoms with Crippen LogP contribution in [0.25, 0.3) is 0 Å². The van der Waals surface area contributed by atoms with Gasteiger partial charge in [0.1, 0.15) is 17.7 Å². The molecule has 2 heterocycles. The Labute approximate surface area is 197 Å². The summed E-state index contributed by atoms with van der Waals surface area (Å²) >= 11 is 0. The van der Waals surface area contributed by atoms with E-state index in [1.807, 2.05) is 0 Å². The largest absolute Gasteiger partial charge is 0.481 e. The molecule has 1 aliphatic heterocycles. The fourth-order valence-corrected chi connectivity index (χ4v) is 4.05. The van der Waals surface area contributed by atoms with Crippen molar-refractivity contribution >= 4 is 12.0 Å². The van der Waals surface area contributed by atoms with Crippen molar-refractivity contribution < 1.29 is 37.0 Å². The smallest absolute Gasteiger partial charge is 0.410 e. The first kappa shape index (κ1) is 25.9. The number of methoxy groups -OCH3 is 1. The molecule has 2 amide bonds. The number of pyridine rings is 1. The lowest BCUT2D eigenvalue weighted by Gasteiger charge is -2.28. The first-order valence-electron chi connectivity index (χ1n) is 11.4. The second-order valence-electron chi connectivity index (χ2n) is 9.67. The molecular formula is C23H32F3N3O5. The Balaban J connectivity index is 1.62. The molecule has 1 saturated carbocycles. The highest BCUT2D eigenvalue weighted by molar-refractivity contribution is 5.86. The number of alkyl halides is 2. The number of aromatic nitrogens is 1. The van der Waals surface area contributed by atoms with Gasteiger partial charge in [0.15, 0.2) is 5.82 Å². The summed E-state index contributed by atoms with van der Waals surface area (Å²) in [4.78, 5) is 30.6. The number of amides is 2. The highest BCUT2D eigenvalue weighted by Gasteiger charge is 2.37. The Kier molecular flexibility index (Phi) is 7.82. The summed E-state index contributed by atoms with van der Waals surface area (Å²) < 4.78 is 57.5. The normalized spacial score (nSPS) is 20.7. The number of nitrogens with one attached hydrogen (secondary N) is 1. The molecule has 0 aromatic carbocycles. The van der Waals surface area contributed by atoms with Gasteiger partial charge in [0.2, 0.25) is 17.7 Å². The molecule has 0 unspecified atom stereocenters. The van der Waals surface area contributed by atoms with Crippen molar-refractivity contribution in [3.63, 3.8) is 0 Å². The zero-order chi connectivity index (χ0) is 25.1. The molecule has 1 saturated heterocycles. The Bertz CT molecular complexity index is 897. The minimum atomic E-state index is -2.72. The Hall–Kier alpha value is -2.72. The summed E-state index contributed by atoms with van der Waals surface area (Å²) in [5.41, 5.74) is -0.405. The van der Waals surface area contributed by atoms with E-state index in [-0.39, 0.29) is 49.6 Å². The van der Waals surface area contributed by atoms with Crippen molar-refractivity contribution in [3.8, 4) is 11.8 Å². The minimum Gasteiger partial charge on any atom is -0.481 e. The van der Waals surface area contributed by atoms with E-state index >= 15 is 0 Å². The number of rotatable bonds is 6. The van der Waals surface area contributed by atoms with Crippen molar-refractivity contribution in [2.45, 2.75) is 89.5 Å². The molecule has 1 aromatic heterocycles. The van der Waals surface area contributed by atoms with Crippen LogP contribution >= 0.6 is 0 Å². The van der Waals surface area contributed by atoms with Gasteiger partial charge in [0.25, 0.3) is 5.88 Å². The van der Waals surface area contributed by atoms with Gasteiger partial charge >= 0.3 is 6.09 Å². The van der Waals surface area contributed by atoms with Crippen LogP contribution in [0, 0.1) is 5.82 Å². The number of ether oxygens (including phenoxy) is 3. The molecule has 3 rings (SSSR count). The van der Waals surface area contributed by atoms with Crippen LogP contribution in [0.4, 0.5) is 18.0 Å². The molecule has 1 aromatic rings. The topological polar surface area (TPSA) is 90.0 Å². The van der Waals surface area contributed by atoms with Crippen LogP contribution in [-0.2, 0) is 16.1 Å². The zero-order valence-corrected chi connectivity index (χ0v) is 20.0. The number of likely N-dealkylation sites (tertiary alicyclic amines) is 1. The Morgan fingerprint density at radius 3 is 2.50 bits per heavy atom. The number of nitrogens with zero attached hydrogens (tertiary/aromatic N) is 2. The molecule has 2 aliphatic rings. The van der Waals surface area contributed by atoms with E-state index in [0.717, 1.165) is 6.07 Å². The molecule has 1 atom stereocenters. The zero-order valence-electron chi connectivity index (χ0n) is 20.0. The first-order valence-corrected chi connectivity index (χ1v) is 11.4. The average molecular weight is 488 g/mol. The van der Waals surface area contributed by atoms with Gasteiger partial charge in [-0.1, -0.05) is 0 Å². The summed E-state index contributed by atoms with van der Waals surface area (Å²) in [7, 11) is 1.34. The van der Waals surface area contributed by atoms with E-state index in [2.05, 4.69) is 10.3 Å². The van der Waals surface area contributed by atoms with Crippen LogP contribution in [0.15, 0.2) is 6.07 Å². The monoisotopic (exact) mass is 487 g/mol. The molecule has 0 spiro atoms. The van der Waals surface area contributed by atoms with E-state index in [1.165, 1.54) is 12.0 Å². The molecule has 0 radical (unpaired) electrons. The number of carbonyl (C=O) groups excluding carboxylic acids is 2. The third-order valence-electron chi connectivity index (χ3n) is 5.76. The summed E-state index contributed by atoms with van der Waals surface area (Å²) in [6, 6.07) is 0.449. The SMILES string of the molecule is COc1nc(OC2CCC(F)(F)CC2)c(F)cc1CNC(=O)[C@@H]1CCCN1C(=O)OC(C)(C)C. The van der Waals surface area contributed by atoms with Gasteiger partial charge < -0.3 is 19.5 Å². The third kappa shape index (κ3) is 6.66. The standard InChI is InChI=1S/C23H32F3N3O5/c1-22(2,3)34-21(31)29-11-5-6-17(29)18(30)27-13-14-12-16(24)20(28-19(14)32-4)33-15-7-9-23(25,26)10-8-15/h12,15,17H,5-11,13H2,1-4H3,(H,27,30)/t17-/m0/s1. The number of halogens is 3. The van der Waals surface area contributed by atoms with Crippen LogP contribution in [-0.4, -0.2) is 59.2 Å². The van der Waals surface area contributed by atoms with Crippen molar-refractivity contribution in [3.05, 3.63) is 17.4 Å². The van der Waals surface area contributed by atoms with E-state index in [4.69, 9.17) is 14.2 Å². The molecule has 1 N–H and O–H groups in total. The van der Waals surface area contributed by atoms with Crippen molar-refractivity contribution in [2.75, 3.05) is 13.7 Å². The van der Waals surface area contributed by atoms with Gasteiger partial charge in [0, 0.05) is 31.5 Å². The maximum atomic E-state index is 14.7. The number of hydrogen-bond acceptors (Lipinski definition) is 6. The summed E-state index contributed by atoms with van der Waals surface area (Å²) in [6.07, 6.45) is -0.397. The molecule has 11 heteroatoms. The number of hydrogen-bond donors (Lipinski definition) is 1. The van der Waals surface area contributed by atoms with Gasteiger partial charge in [-0.15, -0.1) is 0 Å². The van der Waals surface area contributed by atoms with E-state index < -0.39 is 41.5 Å². The molecule has 0 bridgehead atoms. The van der Waals surface area contributed by atoms with Gasteiger partial charge in [-0.3, -0.25) is 9.69 Å². The van der Waals surface area contributed by atoms with Crippen LogP contribution < -0.4 is 14.8 Å². The molecule has 34 heavy (non-hydrogen) atoms. The summed E-state index contributed by atoms with van der Waals surface area (Å²) in [6.45, 7) is 5.58. The van der Waals surface area contributed by atoms with Gasteiger partial charge in [-0.2, -0.15) is 4.98 Å². The molecule has 190 valence electrons. The lowest BCUT2D eigenvalue weighted by Crippen LogP contribution is -2.47. The second kappa shape index (κ2) is 10.3. The third-order valence-corrected chi connectivity index (χ3v) is 5.76. The van der Waals surface area contributed by atoms with E-state index in [1.54, 1.807) is 20.8 Å². The molecular weight excluding hydrogens is 455 g/mol. The van der Waals surface area contributed by atoms with Gasteiger partial charge in [-0.25, -0.2) is 18.0 Å². The van der Waals surface area contributed by atoms with Crippen LogP contribution in [0.2, 0.25) is 0 Å². The van der Waals surface area contributed by atoms with Gasteiger partial charge in [0.05, 0.1) is 7.11 Å². The Morgan fingerprint density at radius 2 is 1.88 bits per heavy atom. The van der Waals surface area contributed by atoms with E-state index in [9.17, 15) is 22.8 Å². The average Bonchev–Trinajstić information content (AvgIpc) is 3.24. The highest BCUT2D eigenvalue weighted by Crippen LogP contribution is 2.35.